The molecule has 19 heavy (non-hydrogen) atoms. The van der Waals surface area contributed by atoms with Gasteiger partial charge in [0, 0.05) is 17.6 Å². The van der Waals surface area contributed by atoms with Gasteiger partial charge in [-0.15, -0.1) is 0 Å². The molecule has 0 spiro atoms. The lowest BCUT2D eigenvalue weighted by molar-refractivity contribution is 0.302. The Morgan fingerprint density at radius 1 is 1.05 bits per heavy atom. The summed E-state index contributed by atoms with van der Waals surface area (Å²) in [5.74, 6) is 0.771. The van der Waals surface area contributed by atoms with Crippen LogP contribution in [0.1, 0.15) is 5.69 Å². The maximum Gasteiger partial charge on any atom is 0.130 e. The van der Waals surface area contributed by atoms with Crippen LogP contribution in [0.25, 0.3) is 10.9 Å². The Balaban J connectivity index is 1.78. The number of hydrogen-bond acceptors (Lipinski definition) is 3. The summed E-state index contributed by atoms with van der Waals surface area (Å²) < 4.78 is 5.69. The van der Waals surface area contributed by atoms with Crippen molar-refractivity contribution >= 4 is 22.5 Å². The van der Waals surface area contributed by atoms with E-state index < -0.39 is 0 Å². The minimum absolute atomic E-state index is 0.388. The van der Waals surface area contributed by atoms with Gasteiger partial charge in [0.2, 0.25) is 0 Å². The summed E-state index contributed by atoms with van der Waals surface area (Å²) in [6.45, 7) is 0.388. The summed E-state index contributed by atoms with van der Waals surface area (Å²) in [6.07, 6.45) is 1.77. The van der Waals surface area contributed by atoms with Crippen LogP contribution >= 0.6 is 11.6 Å². The molecule has 0 amide bonds. The van der Waals surface area contributed by atoms with Gasteiger partial charge in [0.05, 0.1) is 11.2 Å². The molecule has 0 atom stereocenters. The molecule has 0 fully saturated rings. The number of halogens is 1. The highest BCUT2D eigenvalue weighted by Crippen LogP contribution is 2.19. The molecule has 0 aliphatic heterocycles. The van der Waals surface area contributed by atoms with E-state index >= 15 is 0 Å². The predicted molar refractivity (Wildman–Crippen MR) is 75.3 cm³/mol. The largest absolute Gasteiger partial charge is 0.487 e. The molecule has 2 aromatic heterocycles. The van der Waals surface area contributed by atoms with E-state index in [0.717, 1.165) is 22.3 Å². The Kier molecular flexibility index (Phi) is 3.29. The number of ether oxygens (including phenoxy) is 1. The van der Waals surface area contributed by atoms with Crippen molar-refractivity contribution in [3.05, 3.63) is 65.6 Å². The van der Waals surface area contributed by atoms with Crippen LogP contribution in [0.3, 0.4) is 0 Å². The lowest BCUT2D eigenvalue weighted by atomic mass is 10.2. The highest BCUT2D eigenvalue weighted by molar-refractivity contribution is 6.29. The normalized spacial score (nSPS) is 10.6. The first-order chi connectivity index (χ1) is 9.31. The van der Waals surface area contributed by atoms with Crippen LogP contribution in [-0.4, -0.2) is 9.97 Å². The Hall–Kier alpha value is -2.13. The SMILES string of the molecule is Clc1cccc(COc2ccc3cccnc3c2)n1. The van der Waals surface area contributed by atoms with Crippen LogP contribution in [0, 0.1) is 0 Å². The monoisotopic (exact) mass is 270 g/mol. The van der Waals surface area contributed by atoms with Gasteiger partial charge in [-0.1, -0.05) is 23.7 Å². The van der Waals surface area contributed by atoms with Crippen LogP contribution in [0.5, 0.6) is 5.75 Å². The van der Waals surface area contributed by atoms with Crippen molar-refractivity contribution in [2.75, 3.05) is 0 Å². The Morgan fingerprint density at radius 3 is 2.89 bits per heavy atom. The average Bonchev–Trinajstić information content (AvgIpc) is 2.45. The van der Waals surface area contributed by atoms with E-state index in [9.17, 15) is 0 Å². The van der Waals surface area contributed by atoms with Gasteiger partial charge in [-0.3, -0.25) is 4.98 Å². The average molecular weight is 271 g/mol. The van der Waals surface area contributed by atoms with Gasteiger partial charge < -0.3 is 4.74 Å². The van der Waals surface area contributed by atoms with Crippen LogP contribution in [0.15, 0.2) is 54.7 Å². The number of benzene rings is 1. The zero-order valence-corrected chi connectivity index (χ0v) is 10.8. The third-order valence-electron chi connectivity index (χ3n) is 2.74. The fraction of sp³-hybridized carbons (Fsp3) is 0.0667. The fourth-order valence-corrected chi connectivity index (χ4v) is 2.01. The maximum atomic E-state index is 5.83. The van der Waals surface area contributed by atoms with Crippen molar-refractivity contribution in [1.82, 2.24) is 9.97 Å². The summed E-state index contributed by atoms with van der Waals surface area (Å²) in [6, 6.07) is 15.2. The van der Waals surface area contributed by atoms with E-state index in [0.29, 0.717) is 11.8 Å². The number of fused-ring (bicyclic) bond motifs is 1. The van der Waals surface area contributed by atoms with Gasteiger partial charge in [-0.05, 0) is 30.3 Å². The van der Waals surface area contributed by atoms with Gasteiger partial charge in [0.15, 0.2) is 0 Å². The Bertz CT molecular complexity index is 715. The van der Waals surface area contributed by atoms with Gasteiger partial charge in [-0.2, -0.15) is 0 Å². The molecule has 0 saturated heterocycles. The first kappa shape index (κ1) is 11.9. The number of hydrogen-bond donors (Lipinski definition) is 0. The molecule has 1 aromatic carbocycles. The minimum Gasteiger partial charge on any atom is -0.487 e. The molecule has 0 N–H and O–H groups in total. The second-order valence-electron chi connectivity index (χ2n) is 4.10. The molecule has 4 heteroatoms. The summed E-state index contributed by atoms with van der Waals surface area (Å²) in [5, 5.41) is 1.57. The van der Waals surface area contributed by atoms with Crippen LogP contribution in [0.4, 0.5) is 0 Å². The zero-order valence-electron chi connectivity index (χ0n) is 10.1. The van der Waals surface area contributed by atoms with E-state index in [2.05, 4.69) is 9.97 Å². The predicted octanol–water partition coefficient (Wildman–Crippen LogP) is 3.86. The quantitative estimate of drug-likeness (QED) is 0.678. The van der Waals surface area contributed by atoms with Crippen molar-refractivity contribution in [3.8, 4) is 5.75 Å². The van der Waals surface area contributed by atoms with Crippen molar-refractivity contribution in [1.29, 1.82) is 0 Å². The molecule has 0 bridgehead atoms. The second-order valence-corrected chi connectivity index (χ2v) is 4.49. The third-order valence-corrected chi connectivity index (χ3v) is 2.95. The van der Waals surface area contributed by atoms with Crippen molar-refractivity contribution < 1.29 is 4.74 Å². The molecule has 0 radical (unpaired) electrons. The Labute approximate surface area is 115 Å². The fourth-order valence-electron chi connectivity index (χ4n) is 1.82. The van der Waals surface area contributed by atoms with Gasteiger partial charge in [0.1, 0.15) is 17.5 Å². The molecule has 0 aliphatic carbocycles. The van der Waals surface area contributed by atoms with Crippen molar-refractivity contribution in [3.63, 3.8) is 0 Å². The molecule has 94 valence electrons. The molecular formula is C15H11ClN2O. The van der Waals surface area contributed by atoms with Gasteiger partial charge in [0.25, 0.3) is 0 Å². The lowest BCUT2D eigenvalue weighted by Crippen LogP contribution is -1.98. The van der Waals surface area contributed by atoms with Gasteiger partial charge >= 0.3 is 0 Å². The van der Waals surface area contributed by atoms with E-state index in [1.165, 1.54) is 0 Å². The first-order valence-electron chi connectivity index (χ1n) is 5.90. The molecule has 0 saturated carbocycles. The van der Waals surface area contributed by atoms with E-state index in [-0.39, 0.29) is 0 Å². The van der Waals surface area contributed by atoms with E-state index in [1.807, 2.05) is 42.5 Å². The molecule has 0 aliphatic rings. The summed E-state index contributed by atoms with van der Waals surface area (Å²) in [4.78, 5) is 8.47. The molecule has 2 heterocycles. The van der Waals surface area contributed by atoms with Gasteiger partial charge in [-0.25, -0.2) is 4.98 Å². The standard InChI is InChI=1S/C15H11ClN2O/c16-15-5-1-4-12(18-15)10-19-13-7-6-11-3-2-8-17-14(11)9-13/h1-9H,10H2. The number of nitrogens with zero attached hydrogens (tertiary/aromatic N) is 2. The number of rotatable bonds is 3. The zero-order chi connectivity index (χ0) is 13.1. The van der Waals surface area contributed by atoms with Crippen LogP contribution in [0.2, 0.25) is 5.15 Å². The highest BCUT2D eigenvalue weighted by Gasteiger charge is 2.00. The minimum atomic E-state index is 0.388. The molecule has 3 nitrogen and oxygen atoms in total. The third kappa shape index (κ3) is 2.83. The maximum absolute atomic E-state index is 5.83. The topological polar surface area (TPSA) is 35.0 Å². The summed E-state index contributed by atoms with van der Waals surface area (Å²) >= 11 is 5.83. The van der Waals surface area contributed by atoms with Crippen molar-refractivity contribution in [2.24, 2.45) is 0 Å². The summed E-state index contributed by atoms with van der Waals surface area (Å²) in [5.41, 5.74) is 1.72. The van der Waals surface area contributed by atoms with Crippen molar-refractivity contribution in [2.45, 2.75) is 6.61 Å². The highest BCUT2D eigenvalue weighted by atomic mass is 35.5. The van der Waals surface area contributed by atoms with Crippen LogP contribution in [-0.2, 0) is 6.61 Å². The second kappa shape index (κ2) is 5.24. The molecular weight excluding hydrogens is 260 g/mol. The lowest BCUT2D eigenvalue weighted by Gasteiger charge is -2.06. The Morgan fingerprint density at radius 2 is 2.00 bits per heavy atom. The number of pyridine rings is 2. The smallest absolute Gasteiger partial charge is 0.130 e. The molecule has 3 rings (SSSR count). The first-order valence-corrected chi connectivity index (χ1v) is 6.28. The van der Waals surface area contributed by atoms with Crippen LogP contribution < -0.4 is 4.74 Å². The molecule has 0 unspecified atom stereocenters. The number of aromatic nitrogens is 2. The van der Waals surface area contributed by atoms with E-state index in [4.69, 9.17) is 16.3 Å². The summed E-state index contributed by atoms with van der Waals surface area (Å²) in [7, 11) is 0. The molecule has 3 aromatic rings. The van der Waals surface area contributed by atoms with E-state index in [1.54, 1.807) is 12.3 Å².